The second-order valence-corrected chi connectivity index (χ2v) is 16.1. The van der Waals surface area contributed by atoms with E-state index < -0.39 is 39.9 Å². The van der Waals surface area contributed by atoms with E-state index in [1.165, 1.54) is 41.0 Å². The minimum atomic E-state index is -4.16. The molecular weight excluding hydrogens is 709 g/mol. The number of aromatic nitrogens is 1. The van der Waals surface area contributed by atoms with Crippen LogP contribution in [-0.2, 0) is 30.8 Å². The van der Waals surface area contributed by atoms with Gasteiger partial charge in [-0.2, -0.15) is 21.3 Å². The number of rotatable bonds is 12. The van der Waals surface area contributed by atoms with Crippen LogP contribution in [0.2, 0.25) is 10.0 Å². The molecular formula is C34H35Cl2N5O6S2. The number of nitriles is 1. The van der Waals surface area contributed by atoms with Gasteiger partial charge in [-0.1, -0.05) is 54.2 Å². The van der Waals surface area contributed by atoms with E-state index in [0.29, 0.717) is 16.5 Å². The summed E-state index contributed by atoms with van der Waals surface area (Å²) < 4.78 is 34.4. The van der Waals surface area contributed by atoms with Crippen LogP contribution >= 0.6 is 35.0 Å². The number of pyridine rings is 1. The number of nitrogens with one attached hydrogen (secondary N) is 2. The van der Waals surface area contributed by atoms with Gasteiger partial charge in [0.15, 0.2) is 0 Å². The average molecular weight is 745 g/mol. The summed E-state index contributed by atoms with van der Waals surface area (Å²) in [7, 11) is -4.16. The summed E-state index contributed by atoms with van der Waals surface area (Å²) >= 11 is 13.9. The minimum Gasteiger partial charge on any atom is -0.464 e. The molecule has 15 heteroatoms. The van der Waals surface area contributed by atoms with Crippen molar-refractivity contribution in [3.05, 3.63) is 87.7 Å². The first-order chi connectivity index (χ1) is 23.5. The van der Waals surface area contributed by atoms with Gasteiger partial charge in [-0.15, -0.1) is 0 Å². The topological polar surface area (TPSA) is 159 Å². The number of amides is 2. The summed E-state index contributed by atoms with van der Waals surface area (Å²) in [5.74, 6) is -1.80. The lowest BCUT2D eigenvalue weighted by atomic mass is 10.0. The second-order valence-electron chi connectivity index (χ2n) is 11.8. The molecule has 1 saturated carbocycles. The third kappa shape index (κ3) is 8.93. The quantitative estimate of drug-likeness (QED) is 0.225. The van der Waals surface area contributed by atoms with Crippen molar-refractivity contribution in [1.82, 2.24) is 14.6 Å². The SMILES string of the molecule is CCOC(=O)C(Cc1ccc(NC(=O)c2c(Cl)cncc2Cl)cc1)NC(=O)[C@@H]1CC(SC2CCCC2)CN1S(=O)(=O)c1cccc(C#N)c1. The lowest BCUT2D eigenvalue weighted by Gasteiger charge is -2.25. The van der Waals surface area contributed by atoms with Crippen LogP contribution in [0.15, 0.2) is 65.8 Å². The standard InChI is InChI=1S/C34H35Cl2N5O6S2/c1-2-47-34(44)29(15-21-10-12-23(13-11-21)39-33(43)31-27(35)18-38-19-28(31)36)40-32(42)30-16-25(48-24-7-3-4-8-24)20-41(30)49(45,46)26-9-5-6-22(14-26)17-37/h5-6,9-14,18-19,24-25,29-30H,2-4,7-8,15-16,20H2,1H3,(H,39,43)(H,40,42)/t25?,29?,30-/m0/s1. The van der Waals surface area contributed by atoms with Gasteiger partial charge < -0.3 is 15.4 Å². The fourth-order valence-electron chi connectivity index (χ4n) is 6.01. The highest BCUT2D eigenvalue weighted by atomic mass is 35.5. The van der Waals surface area contributed by atoms with Gasteiger partial charge in [-0.25, -0.2) is 13.2 Å². The summed E-state index contributed by atoms with van der Waals surface area (Å²) in [6.07, 6.45) is 7.30. The lowest BCUT2D eigenvalue weighted by molar-refractivity contribution is -0.147. The Balaban J connectivity index is 1.34. The molecule has 49 heavy (non-hydrogen) atoms. The van der Waals surface area contributed by atoms with E-state index in [2.05, 4.69) is 15.6 Å². The Bertz CT molecular complexity index is 1830. The number of carbonyl (C=O) groups excluding carboxylic acids is 3. The highest BCUT2D eigenvalue weighted by molar-refractivity contribution is 8.00. The Morgan fingerprint density at radius 3 is 2.43 bits per heavy atom. The molecule has 5 rings (SSSR count). The fraction of sp³-hybridized carbons (Fsp3) is 0.382. The van der Waals surface area contributed by atoms with Gasteiger partial charge in [-0.05, 0) is 62.1 Å². The number of hydrogen-bond donors (Lipinski definition) is 2. The molecule has 0 radical (unpaired) electrons. The van der Waals surface area contributed by atoms with Crippen molar-refractivity contribution in [3.8, 4) is 6.07 Å². The van der Waals surface area contributed by atoms with Crippen molar-refractivity contribution >= 4 is 68.5 Å². The van der Waals surface area contributed by atoms with Gasteiger partial charge in [0.25, 0.3) is 5.91 Å². The molecule has 2 fully saturated rings. The predicted octanol–water partition coefficient (Wildman–Crippen LogP) is 5.61. The number of halogens is 2. The smallest absolute Gasteiger partial charge is 0.328 e. The third-order valence-corrected chi connectivity index (χ3v) is 12.4. The first-order valence-corrected chi connectivity index (χ1v) is 19.0. The number of benzene rings is 2. The number of anilines is 1. The van der Waals surface area contributed by atoms with Crippen molar-refractivity contribution in [2.24, 2.45) is 0 Å². The van der Waals surface area contributed by atoms with Gasteiger partial charge in [0.1, 0.15) is 12.1 Å². The van der Waals surface area contributed by atoms with Crippen LogP contribution in [0.5, 0.6) is 0 Å². The molecule has 3 aromatic rings. The van der Waals surface area contributed by atoms with E-state index >= 15 is 0 Å². The van der Waals surface area contributed by atoms with E-state index in [0.717, 1.165) is 25.7 Å². The Hall–Kier alpha value is -3.67. The maximum Gasteiger partial charge on any atom is 0.328 e. The van der Waals surface area contributed by atoms with Gasteiger partial charge in [0.2, 0.25) is 15.9 Å². The molecule has 258 valence electrons. The molecule has 1 aliphatic heterocycles. The third-order valence-electron chi connectivity index (χ3n) is 8.40. The molecule has 2 amide bonds. The zero-order chi connectivity index (χ0) is 35.1. The number of hydrogen-bond acceptors (Lipinski definition) is 9. The number of esters is 1. The van der Waals surface area contributed by atoms with Crippen LogP contribution in [0, 0.1) is 11.3 Å². The highest BCUT2D eigenvalue weighted by Crippen LogP contribution is 2.39. The molecule has 1 saturated heterocycles. The molecule has 1 aromatic heterocycles. The highest BCUT2D eigenvalue weighted by Gasteiger charge is 2.45. The van der Waals surface area contributed by atoms with Crippen LogP contribution in [0.1, 0.15) is 60.5 Å². The van der Waals surface area contributed by atoms with E-state index in [-0.39, 0.29) is 57.3 Å². The summed E-state index contributed by atoms with van der Waals surface area (Å²) in [5, 5.41) is 15.4. The van der Waals surface area contributed by atoms with Gasteiger partial charge in [-0.3, -0.25) is 14.6 Å². The van der Waals surface area contributed by atoms with Gasteiger partial charge in [0.05, 0.1) is 38.7 Å². The Kier molecular flexibility index (Phi) is 12.2. The van der Waals surface area contributed by atoms with Crippen LogP contribution in [-0.4, -0.2) is 71.2 Å². The zero-order valence-corrected chi connectivity index (χ0v) is 29.7. The van der Waals surface area contributed by atoms with Crippen LogP contribution in [0.3, 0.4) is 0 Å². The van der Waals surface area contributed by atoms with Crippen molar-refractivity contribution in [1.29, 1.82) is 5.26 Å². The lowest BCUT2D eigenvalue weighted by Crippen LogP contribution is -2.51. The molecule has 0 bridgehead atoms. The van der Waals surface area contributed by atoms with E-state index in [9.17, 15) is 28.1 Å². The molecule has 3 atom stereocenters. The first-order valence-electron chi connectivity index (χ1n) is 15.8. The maximum atomic E-state index is 14.0. The summed E-state index contributed by atoms with van der Waals surface area (Å²) in [6, 6.07) is 12.1. The maximum absolute atomic E-state index is 14.0. The number of sulfonamides is 1. The molecule has 2 aromatic carbocycles. The minimum absolute atomic E-state index is 0.0464. The number of nitrogens with zero attached hydrogens (tertiary/aromatic N) is 3. The number of carbonyl (C=O) groups is 3. The van der Waals surface area contributed by atoms with Crippen molar-refractivity contribution < 1.29 is 27.5 Å². The monoisotopic (exact) mass is 743 g/mol. The number of thioether (sulfide) groups is 1. The molecule has 11 nitrogen and oxygen atoms in total. The normalized spacial score (nSPS) is 18.8. The zero-order valence-electron chi connectivity index (χ0n) is 26.6. The van der Waals surface area contributed by atoms with E-state index in [1.807, 2.05) is 6.07 Å². The van der Waals surface area contributed by atoms with Crippen LogP contribution in [0.4, 0.5) is 5.69 Å². The molecule has 2 unspecified atom stereocenters. The van der Waals surface area contributed by atoms with Crippen molar-refractivity contribution in [3.63, 3.8) is 0 Å². The Labute approximate surface area is 299 Å². The molecule has 1 aliphatic carbocycles. The van der Waals surface area contributed by atoms with Crippen molar-refractivity contribution in [2.75, 3.05) is 18.5 Å². The number of ether oxygens (including phenoxy) is 1. The predicted molar refractivity (Wildman–Crippen MR) is 188 cm³/mol. The Morgan fingerprint density at radius 1 is 1.08 bits per heavy atom. The Morgan fingerprint density at radius 2 is 1.78 bits per heavy atom. The van der Waals surface area contributed by atoms with E-state index in [4.69, 9.17) is 27.9 Å². The average Bonchev–Trinajstić information content (AvgIpc) is 3.76. The van der Waals surface area contributed by atoms with Gasteiger partial charge >= 0.3 is 5.97 Å². The largest absolute Gasteiger partial charge is 0.464 e. The molecule has 2 aliphatic rings. The molecule has 2 heterocycles. The molecule has 0 spiro atoms. The second kappa shape index (κ2) is 16.4. The summed E-state index contributed by atoms with van der Waals surface area (Å²) in [5.41, 5.74) is 1.36. The van der Waals surface area contributed by atoms with Gasteiger partial charge in [0, 0.05) is 41.5 Å². The van der Waals surface area contributed by atoms with Crippen LogP contribution < -0.4 is 10.6 Å². The van der Waals surface area contributed by atoms with Crippen LogP contribution in [0.25, 0.3) is 0 Å². The summed E-state index contributed by atoms with van der Waals surface area (Å²) in [4.78, 5) is 43.6. The van der Waals surface area contributed by atoms with E-state index in [1.54, 1.807) is 43.0 Å². The molecule has 2 N–H and O–H groups in total. The first kappa shape index (κ1) is 36.6. The fourth-order valence-corrected chi connectivity index (χ4v) is 10.0. The van der Waals surface area contributed by atoms with Crippen molar-refractivity contribution in [2.45, 2.75) is 72.9 Å². The summed E-state index contributed by atoms with van der Waals surface area (Å²) in [6.45, 7) is 1.86.